The van der Waals surface area contributed by atoms with Crippen LogP contribution in [0.3, 0.4) is 0 Å². The highest BCUT2D eigenvalue weighted by Crippen LogP contribution is 2.29. The van der Waals surface area contributed by atoms with Gasteiger partial charge in [0.2, 0.25) is 17.7 Å². The minimum Gasteiger partial charge on any atom is -0.465 e. The Bertz CT molecular complexity index is 1480. The van der Waals surface area contributed by atoms with Gasteiger partial charge in [-0.3, -0.25) is 19.3 Å². The highest BCUT2D eigenvalue weighted by molar-refractivity contribution is 5.88. The van der Waals surface area contributed by atoms with E-state index in [-0.39, 0.29) is 36.6 Å². The van der Waals surface area contributed by atoms with Crippen LogP contribution in [-0.2, 0) is 46.7 Å². The third kappa shape index (κ3) is 8.72. The topological polar surface area (TPSA) is 131 Å². The Kier molecular flexibility index (Phi) is 11.0. The van der Waals surface area contributed by atoms with Gasteiger partial charge in [0.1, 0.15) is 12.1 Å². The molecule has 1 fully saturated rings. The number of carbonyl (C=O) groups excluding carboxylic acids is 3. The zero-order chi connectivity index (χ0) is 32.5. The zero-order valence-corrected chi connectivity index (χ0v) is 26.3. The summed E-state index contributed by atoms with van der Waals surface area (Å²) in [6.45, 7) is 5.60. The van der Waals surface area contributed by atoms with E-state index in [9.17, 15) is 24.3 Å². The lowest BCUT2D eigenvalue weighted by Gasteiger charge is -2.36. The summed E-state index contributed by atoms with van der Waals surface area (Å²) < 4.78 is 0. The van der Waals surface area contributed by atoms with Crippen LogP contribution in [0.4, 0.5) is 4.79 Å². The summed E-state index contributed by atoms with van der Waals surface area (Å²) in [6.07, 6.45) is 0.697. The van der Waals surface area contributed by atoms with Crippen LogP contribution in [0.25, 0.3) is 0 Å². The van der Waals surface area contributed by atoms with Crippen molar-refractivity contribution in [3.63, 3.8) is 0 Å². The van der Waals surface area contributed by atoms with Crippen LogP contribution in [0.1, 0.15) is 41.2 Å². The van der Waals surface area contributed by atoms with Gasteiger partial charge in [0.05, 0.1) is 0 Å². The minimum atomic E-state index is -1.23. The van der Waals surface area contributed by atoms with Crippen LogP contribution in [0.2, 0.25) is 0 Å². The SMILES string of the molecule is CCC(=O)N[C@H](Cc1ccc(CNC(=O)[C@@H](NC(=O)O)C2Cc3ccccc3C2)cc1)C(=O)N1CCN(Cc2ccccc2)CC1. The van der Waals surface area contributed by atoms with Crippen molar-refractivity contribution in [2.75, 3.05) is 26.2 Å². The van der Waals surface area contributed by atoms with E-state index >= 15 is 0 Å². The number of piperazine rings is 1. The van der Waals surface area contributed by atoms with E-state index in [2.05, 4.69) is 33.0 Å². The Morgan fingerprint density at radius 1 is 0.783 bits per heavy atom. The number of hydrogen-bond acceptors (Lipinski definition) is 5. The molecule has 0 saturated carbocycles. The van der Waals surface area contributed by atoms with Gasteiger partial charge in [-0.25, -0.2) is 4.79 Å². The number of hydrogen-bond donors (Lipinski definition) is 4. The third-order valence-corrected chi connectivity index (χ3v) is 8.93. The van der Waals surface area contributed by atoms with Gasteiger partial charge in [-0.2, -0.15) is 0 Å². The average molecular weight is 626 g/mol. The molecule has 3 aromatic rings. The molecular formula is C36H43N5O5. The molecule has 4 amide bonds. The van der Waals surface area contributed by atoms with Crippen LogP contribution in [-0.4, -0.2) is 77.0 Å². The third-order valence-electron chi connectivity index (χ3n) is 8.93. The Labute approximate surface area is 270 Å². The molecule has 0 unspecified atom stereocenters. The molecule has 4 N–H and O–H groups in total. The lowest BCUT2D eigenvalue weighted by atomic mass is 9.95. The van der Waals surface area contributed by atoms with E-state index in [0.29, 0.717) is 32.4 Å². The van der Waals surface area contributed by atoms with Gasteiger partial charge in [-0.05, 0) is 46.6 Å². The molecule has 1 aliphatic carbocycles. The number of nitrogens with zero attached hydrogens (tertiary/aromatic N) is 2. The monoisotopic (exact) mass is 625 g/mol. The first kappa shape index (κ1) is 32.7. The largest absolute Gasteiger partial charge is 0.465 e. The second-order valence-corrected chi connectivity index (χ2v) is 12.2. The van der Waals surface area contributed by atoms with Crippen LogP contribution in [0.5, 0.6) is 0 Å². The lowest BCUT2D eigenvalue weighted by Crippen LogP contribution is -2.55. The van der Waals surface area contributed by atoms with Gasteiger partial charge in [0.15, 0.2) is 0 Å². The van der Waals surface area contributed by atoms with Crippen molar-refractivity contribution in [3.8, 4) is 0 Å². The number of rotatable bonds is 12. The van der Waals surface area contributed by atoms with Crippen molar-refractivity contribution in [1.82, 2.24) is 25.8 Å². The molecule has 0 radical (unpaired) electrons. The van der Waals surface area contributed by atoms with Gasteiger partial charge in [0.25, 0.3) is 0 Å². The molecule has 1 saturated heterocycles. The molecule has 242 valence electrons. The van der Waals surface area contributed by atoms with E-state index < -0.39 is 18.2 Å². The van der Waals surface area contributed by atoms with Crippen molar-refractivity contribution in [2.24, 2.45) is 5.92 Å². The van der Waals surface area contributed by atoms with Crippen LogP contribution < -0.4 is 16.0 Å². The molecule has 1 heterocycles. The molecule has 46 heavy (non-hydrogen) atoms. The first-order chi connectivity index (χ1) is 22.3. The molecule has 10 heteroatoms. The summed E-state index contributed by atoms with van der Waals surface area (Å²) >= 11 is 0. The van der Waals surface area contributed by atoms with E-state index in [1.807, 2.05) is 71.6 Å². The smallest absolute Gasteiger partial charge is 0.405 e. The van der Waals surface area contributed by atoms with Crippen molar-refractivity contribution >= 4 is 23.8 Å². The van der Waals surface area contributed by atoms with Crippen molar-refractivity contribution in [2.45, 2.75) is 57.8 Å². The molecule has 0 aromatic heterocycles. The summed E-state index contributed by atoms with van der Waals surface area (Å²) in [4.78, 5) is 54.8. The molecule has 10 nitrogen and oxygen atoms in total. The number of carboxylic acid groups (broad SMARTS) is 1. The molecule has 1 aliphatic heterocycles. The summed E-state index contributed by atoms with van der Waals surface area (Å²) in [5, 5.41) is 17.7. The molecule has 2 atom stereocenters. The fraction of sp³-hybridized carbons (Fsp3) is 0.389. The van der Waals surface area contributed by atoms with Crippen molar-refractivity contribution < 1.29 is 24.3 Å². The number of carbonyl (C=O) groups is 4. The van der Waals surface area contributed by atoms with Crippen molar-refractivity contribution in [1.29, 1.82) is 0 Å². The summed E-state index contributed by atoms with van der Waals surface area (Å²) in [7, 11) is 0. The molecule has 0 bridgehead atoms. The van der Waals surface area contributed by atoms with Gasteiger partial charge in [-0.1, -0.05) is 85.8 Å². The summed E-state index contributed by atoms with van der Waals surface area (Å²) in [6, 6.07) is 24.3. The predicted molar refractivity (Wildman–Crippen MR) is 175 cm³/mol. The highest BCUT2D eigenvalue weighted by atomic mass is 16.4. The quantitative estimate of drug-likeness (QED) is 0.245. The number of nitrogens with one attached hydrogen (secondary N) is 3. The Balaban J connectivity index is 1.15. The second-order valence-electron chi connectivity index (χ2n) is 12.2. The first-order valence-corrected chi connectivity index (χ1v) is 16.0. The fourth-order valence-electron chi connectivity index (χ4n) is 6.37. The number of benzene rings is 3. The molecule has 5 rings (SSSR count). The zero-order valence-electron chi connectivity index (χ0n) is 26.3. The van der Waals surface area contributed by atoms with Crippen molar-refractivity contribution in [3.05, 3.63) is 107 Å². The minimum absolute atomic E-state index is 0.0801. The normalized spacial score (nSPS) is 16.2. The summed E-state index contributed by atoms with van der Waals surface area (Å²) in [5.41, 5.74) is 5.27. The number of amides is 4. The Morgan fingerprint density at radius 2 is 1.39 bits per heavy atom. The standard InChI is InChI=1S/C36H43N5O5/c1-2-32(42)38-31(35(44)41-18-16-40(17-19-41)24-27-8-4-3-5-9-27)20-25-12-14-26(15-13-25)23-37-34(43)33(39-36(45)46)30-21-28-10-6-7-11-29(28)22-30/h3-15,30-31,33,39H,2,16-24H2,1H3,(H,37,43)(H,38,42)(H,45,46)/t31-,33+/m1/s1. The van der Waals surface area contributed by atoms with Gasteiger partial charge >= 0.3 is 6.09 Å². The molecule has 3 aromatic carbocycles. The van der Waals surface area contributed by atoms with Crippen LogP contribution in [0.15, 0.2) is 78.9 Å². The van der Waals surface area contributed by atoms with E-state index in [0.717, 1.165) is 41.9 Å². The number of fused-ring (bicyclic) bond motifs is 1. The Morgan fingerprint density at radius 3 is 2.00 bits per heavy atom. The predicted octanol–water partition coefficient (Wildman–Crippen LogP) is 3.14. The molecule has 0 spiro atoms. The molecular weight excluding hydrogens is 582 g/mol. The van der Waals surface area contributed by atoms with E-state index in [4.69, 9.17) is 0 Å². The Hall–Kier alpha value is -4.70. The maximum absolute atomic E-state index is 13.6. The van der Waals surface area contributed by atoms with E-state index in [1.165, 1.54) is 5.56 Å². The van der Waals surface area contributed by atoms with E-state index in [1.54, 1.807) is 6.92 Å². The van der Waals surface area contributed by atoms with Crippen LogP contribution >= 0.6 is 0 Å². The first-order valence-electron chi connectivity index (χ1n) is 16.0. The lowest BCUT2D eigenvalue weighted by molar-refractivity contribution is -0.138. The average Bonchev–Trinajstić information content (AvgIpc) is 3.51. The van der Waals surface area contributed by atoms with Crippen LogP contribution in [0, 0.1) is 5.92 Å². The van der Waals surface area contributed by atoms with Gasteiger partial charge in [0, 0.05) is 52.1 Å². The molecule has 2 aliphatic rings. The maximum atomic E-state index is 13.6. The second kappa shape index (κ2) is 15.5. The van der Waals surface area contributed by atoms with Gasteiger partial charge in [-0.15, -0.1) is 0 Å². The summed E-state index contributed by atoms with van der Waals surface area (Å²) in [5.74, 6) is -0.768. The maximum Gasteiger partial charge on any atom is 0.405 e. The highest BCUT2D eigenvalue weighted by Gasteiger charge is 2.34. The fourth-order valence-corrected chi connectivity index (χ4v) is 6.37. The van der Waals surface area contributed by atoms with Gasteiger partial charge < -0.3 is 26.0 Å².